The predicted octanol–water partition coefficient (Wildman–Crippen LogP) is 7.00. The first-order chi connectivity index (χ1) is 24.1. The largest absolute Gasteiger partial charge is 0.465 e. The molecule has 0 aliphatic carbocycles. The van der Waals surface area contributed by atoms with Crippen LogP contribution in [0.15, 0.2) is 85.3 Å². The summed E-state index contributed by atoms with van der Waals surface area (Å²) in [6, 6.07) is 3.09. The first kappa shape index (κ1) is 43.8. The van der Waals surface area contributed by atoms with Crippen molar-refractivity contribution in [3.05, 3.63) is 90.9 Å². The molecule has 1 rings (SSSR count). The van der Waals surface area contributed by atoms with Gasteiger partial charge in [-0.1, -0.05) is 93.3 Å². The zero-order valence-corrected chi connectivity index (χ0v) is 30.9. The Kier molecular flexibility index (Phi) is 24.1. The highest BCUT2D eigenvalue weighted by atomic mass is 32.2. The van der Waals surface area contributed by atoms with E-state index < -0.39 is 29.4 Å². The molecule has 11 heteroatoms. The molecule has 0 saturated carbocycles. The Morgan fingerprint density at radius 2 is 1.48 bits per heavy atom. The molecule has 0 spiro atoms. The monoisotopic (exact) mass is 709 g/mol. The van der Waals surface area contributed by atoms with Gasteiger partial charge in [0.2, 0.25) is 5.91 Å². The number of amides is 2. The van der Waals surface area contributed by atoms with Gasteiger partial charge in [0.15, 0.2) is 11.2 Å². The number of thioether (sulfide) groups is 1. The zero-order valence-electron chi connectivity index (χ0n) is 30.1. The third-order valence-corrected chi connectivity index (χ3v) is 7.78. The number of allylic oxidation sites excluding steroid dienone is 10. The van der Waals surface area contributed by atoms with Gasteiger partial charge >= 0.3 is 11.9 Å². The predicted molar refractivity (Wildman–Crippen MR) is 200 cm³/mol. The molecule has 1 aromatic heterocycles. The van der Waals surface area contributed by atoms with E-state index in [9.17, 15) is 24.0 Å². The van der Waals surface area contributed by atoms with Crippen LogP contribution in [0.1, 0.15) is 95.8 Å². The van der Waals surface area contributed by atoms with E-state index in [1.807, 2.05) is 6.08 Å². The Labute approximate surface area is 302 Å². The second-order valence-electron chi connectivity index (χ2n) is 12.0. The Bertz CT molecular complexity index is 1320. The molecule has 2 amide bonds. The van der Waals surface area contributed by atoms with Crippen LogP contribution in [-0.2, 0) is 28.7 Å². The number of carbonyl (C=O) groups is 5. The molecule has 0 aliphatic rings. The van der Waals surface area contributed by atoms with Crippen LogP contribution >= 0.6 is 11.8 Å². The van der Waals surface area contributed by atoms with Crippen molar-refractivity contribution in [2.24, 2.45) is 5.41 Å². The van der Waals surface area contributed by atoms with Crippen molar-refractivity contribution < 1.29 is 33.4 Å². The minimum atomic E-state index is -1.32. The van der Waals surface area contributed by atoms with Crippen LogP contribution < -0.4 is 10.6 Å². The normalized spacial score (nSPS) is 12.6. The number of rotatable bonds is 25. The average molecular weight is 710 g/mol. The van der Waals surface area contributed by atoms with Crippen molar-refractivity contribution in [2.75, 3.05) is 25.4 Å². The van der Waals surface area contributed by atoms with Gasteiger partial charge in [0.1, 0.15) is 6.61 Å². The molecule has 0 radical (unpaired) electrons. The van der Waals surface area contributed by atoms with Crippen LogP contribution in [0.3, 0.4) is 0 Å². The third kappa shape index (κ3) is 22.4. The lowest BCUT2D eigenvalue weighted by atomic mass is 9.86. The molecule has 0 bridgehead atoms. The highest BCUT2D eigenvalue weighted by Gasteiger charge is 2.40. The SMILES string of the molecule is CC/C=C\C/C=C\C/C=C\C/C=C\C/C=C\CCCC(=O)OCC(C)(C)[C@@H](OC(=O)c1cccnc1)C(=O)NCCC(=O)NCCSC(C)=O. The summed E-state index contributed by atoms with van der Waals surface area (Å²) in [5.41, 5.74) is -0.927. The lowest BCUT2D eigenvalue weighted by Gasteiger charge is -2.32. The van der Waals surface area contributed by atoms with Crippen LogP contribution in [0.2, 0.25) is 0 Å². The minimum Gasteiger partial charge on any atom is -0.465 e. The standard InChI is InChI=1S/C39H55N3O7S/c1-5-6-7-8-9-10-11-12-13-14-15-16-17-18-19-20-21-24-35(45)48-31-39(3,4)36(49-38(47)33-23-22-26-40-30-33)37(46)42-27-25-34(44)41-28-29-50-32(2)43/h6-7,9-10,12-13,15-16,18-19,22-23,26,30,36H,5,8,11,14,17,20-21,24-25,27-29,31H2,1-4H3,(H,41,44)(H,42,46)/b7-6-,10-9-,13-12-,16-15-,19-18-/t36-/m0/s1. The summed E-state index contributed by atoms with van der Waals surface area (Å²) in [6.45, 7) is 7.07. The summed E-state index contributed by atoms with van der Waals surface area (Å²) in [5, 5.41) is 5.30. The molecule has 0 saturated heterocycles. The number of hydrogen-bond donors (Lipinski definition) is 2. The van der Waals surface area contributed by atoms with Gasteiger partial charge in [0.25, 0.3) is 5.91 Å². The first-order valence-corrected chi connectivity index (χ1v) is 18.2. The second-order valence-corrected chi connectivity index (χ2v) is 13.3. The number of esters is 2. The van der Waals surface area contributed by atoms with Crippen molar-refractivity contribution in [2.45, 2.75) is 91.6 Å². The minimum absolute atomic E-state index is 0.00285. The van der Waals surface area contributed by atoms with Crippen molar-refractivity contribution in [1.82, 2.24) is 15.6 Å². The summed E-state index contributed by atoms with van der Waals surface area (Å²) < 4.78 is 11.1. The summed E-state index contributed by atoms with van der Waals surface area (Å²) in [5.74, 6) is -1.63. The number of nitrogens with zero attached hydrogens (tertiary/aromatic N) is 1. The lowest BCUT2D eigenvalue weighted by Crippen LogP contribution is -2.49. The molecule has 1 aromatic rings. The highest BCUT2D eigenvalue weighted by Crippen LogP contribution is 2.26. The van der Waals surface area contributed by atoms with E-state index in [2.05, 4.69) is 77.2 Å². The number of nitrogens with one attached hydrogen (secondary N) is 2. The van der Waals surface area contributed by atoms with E-state index >= 15 is 0 Å². The molecule has 0 fully saturated rings. The summed E-state index contributed by atoms with van der Waals surface area (Å²) >= 11 is 1.11. The molecular weight excluding hydrogens is 655 g/mol. The molecule has 1 heterocycles. The first-order valence-electron chi connectivity index (χ1n) is 17.3. The Morgan fingerprint density at radius 1 is 0.860 bits per heavy atom. The topological polar surface area (TPSA) is 141 Å². The fourth-order valence-electron chi connectivity index (χ4n) is 4.24. The number of ether oxygens (including phenoxy) is 2. The Morgan fingerprint density at radius 3 is 2.06 bits per heavy atom. The highest BCUT2D eigenvalue weighted by molar-refractivity contribution is 8.13. The van der Waals surface area contributed by atoms with Crippen molar-refractivity contribution in [3.8, 4) is 0 Å². The van der Waals surface area contributed by atoms with Gasteiger partial charge in [-0.25, -0.2) is 4.79 Å². The van der Waals surface area contributed by atoms with Gasteiger partial charge in [-0.3, -0.25) is 24.2 Å². The molecule has 10 nitrogen and oxygen atoms in total. The van der Waals surface area contributed by atoms with E-state index in [-0.39, 0.29) is 42.6 Å². The van der Waals surface area contributed by atoms with E-state index in [1.165, 1.54) is 25.4 Å². The van der Waals surface area contributed by atoms with Gasteiger partial charge in [0.05, 0.1) is 5.56 Å². The van der Waals surface area contributed by atoms with Crippen molar-refractivity contribution in [1.29, 1.82) is 0 Å². The number of unbranched alkanes of at least 4 members (excludes halogenated alkanes) is 1. The molecule has 0 aliphatic heterocycles. The van der Waals surface area contributed by atoms with Crippen LogP contribution in [0.4, 0.5) is 0 Å². The van der Waals surface area contributed by atoms with E-state index in [4.69, 9.17) is 9.47 Å². The maximum atomic E-state index is 13.2. The van der Waals surface area contributed by atoms with Crippen molar-refractivity contribution in [3.63, 3.8) is 0 Å². The molecule has 1 atom stereocenters. The van der Waals surface area contributed by atoms with Crippen LogP contribution in [0, 0.1) is 5.41 Å². The Hall–Kier alpha value is -4.25. The fourth-order valence-corrected chi connectivity index (χ4v) is 4.73. The molecule has 274 valence electrons. The molecule has 0 unspecified atom stereocenters. The molecule has 50 heavy (non-hydrogen) atoms. The summed E-state index contributed by atoms with van der Waals surface area (Å²) in [4.78, 5) is 65.7. The third-order valence-electron chi connectivity index (χ3n) is 6.97. The maximum absolute atomic E-state index is 13.2. The number of hydrogen-bond acceptors (Lipinski definition) is 9. The number of pyridine rings is 1. The van der Waals surface area contributed by atoms with Gasteiger partial charge in [-0.2, -0.15) is 0 Å². The van der Waals surface area contributed by atoms with E-state index in [1.54, 1.807) is 19.9 Å². The van der Waals surface area contributed by atoms with Gasteiger partial charge < -0.3 is 20.1 Å². The summed E-state index contributed by atoms with van der Waals surface area (Å²) in [6.07, 6.45) is 29.1. The Balaban J connectivity index is 2.50. The zero-order chi connectivity index (χ0) is 36.9. The second kappa shape index (κ2) is 27.6. The van der Waals surface area contributed by atoms with Crippen LogP contribution in [0.25, 0.3) is 0 Å². The lowest BCUT2D eigenvalue weighted by molar-refractivity contribution is -0.153. The average Bonchev–Trinajstić information content (AvgIpc) is 3.09. The number of aromatic nitrogens is 1. The number of carbonyl (C=O) groups excluding carboxylic acids is 5. The fraction of sp³-hybridized carbons (Fsp3) is 0.487. The molecular formula is C39H55N3O7S. The van der Waals surface area contributed by atoms with Gasteiger partial charge in [0, 0.05) is 56.4 Å². The maximum Gasteiger partial charge on any atom is 0.340 e. The van der Waals surface area contributed by atoms with Crippen LogP contribution in [0.5, 0.6) is 0 Å². The quantitative estimate of drug-likeness (QED) is 0.0624. The molecule has 0 aromatic carbocycles. The van der Waals surface area contributed by atoms with E-state index in [0.29, 0.717) is 18.7 Å². The van der Waals surface area contributed by atoms with Gasteiger partial charge in [-0.05, 0) is 57.1 Å². The summed E-state index contributed by atoms with van der Waals surface area (Å²) in [7, 11) is 0. The van der Waals surface area contributed by atoms with Gasteiger partial charge in [-0.15, -0.1) is 0 Å². The smallest absolute Gasteiger partial charge is 0.340 e. The van der Waals surface area contributed by atoms with Crippen LogP contribution in [-0.4, -0.2) is 65.4 Å². The van der Waals surface area contributed by atoms with Crippen molar-refractivity contribution >= 4 is 40.6 Å². The van der Waals surface area contributed by atoms with E-state index in [0.717, 1.165) is 50.3 Å². The molecule has 2 N–H and O–H groups in total.